The summed E-state index contributed by atoms with van der Waals surface area (Å²) in [6, 6.07) is 16.0. The van der Waals surface area contributed by atoms with Crippen molar-refractivity contribution in [2.45, 2.75) is 47.0 Å². The molecule has 1 aliphatic rings. The largest absolute Gasteiger partial charge is 0.494 e. The van der Waals surface area contributed by atoms with E-state index in [0.29, 0.717) is 17.6 Å². The molecule has 0 radical (unpaired) electrons. The van der Waals surface area contributed by atoms with Crippen molar-refractivity contribution in [3.8, 4) is 5.75 Å². The molecule has 0 N–H and O–H groups in total. The molecule has 0 bridgehead atoms. The van der Waals surface area contributed by atoms with Crippen LogP contribution >= 0.6 is 0 Å². The lowest BCUT2D eigenvalue weighted by Crippen LogP contribution is -2.30. The van der Waals surface area contributed by atoms with Crippen molar-refractivity contribution >= 4 is 23.8 Å². The van der Waals surface area contributed by atoms with Crippen LogP contribution in [0, 0.1) is 17.8 Å². The van der Waals surface area contributed by atoms with E-state index in [1.54, 1.807) is 0 Å². The third kappa shape index (κ3) is 5.69. The molecule has 158 valence electrons. The number of allylic oxidation sites excluding steroid dienone is 1. The van der Waals surface area contributed by atoms with E-state index < -0.39 is 0 Å². The highest BCUT2D eigenvalue weighted by atomic mass is 16.5. The quantitative estimate of drug-likeness (QED) is 0.373. The first-order valence-electron chi connectivity index (χ1n) is 11.1. The summed E-state index contributed by atoms with van der Waals surface area (Å²) < 4.78 is 5.61. The zero-order valence-electron chi connectivity index (χ0n) is 18.6. The number of ketones is 1. The maximum absolute atomic E-state index is 12.9. The molecule has 3 heteroatoms. The molecule has 0 spiro atoms. The van der Waals surface area contributed by atoms with E-state index in [1.807, 2.05) is 54.7 Å². The lowest BCUT2D eigenvalue weighted by molar-refractivity contribution is -0.122. The van der Waals surface area contributed by atoms with E-state index in [2.05, 4.69) is 38.8 Å². The average Bonchev–Trinajstić information content (AvgIpc) is 2.75. The number of hydrogen-bond acceptors (Lipinski definition) is 3. The minimum atomic E-state index is 0.162. The number of rotatable bonds is 7. The van der Waals surface area contributed by atoms with Crippen LogP contribution in [-0.4, -0.2) is 18.6 Å². The van der Waals surface area contributed by atoms with Gasteiger partial charge in [-0.25, -0.2) is 0 Å². The third-order valence-electron chi connectivity index (χ3n) is 5.80. The Morgan fingerprint density at radius 1 is 1.03 bits per heavy atom. The molecule has 2 aromatic carbocycles. The van der Waals surface area contributed by atoms with E-state index in [9.17, 15) is 4.79 Å². The van der Waals surface area contributed by atoms with Gasteiger partial charge in [-0.05, 0) is 90.3 Å². The van der Waals surface area contributed by atoms with Crippen molar-refractivity contribution in [3.63, 3.8) is 0 Å². The number of benzene rings is 2. The zero-order valence-corrected chi connectivity index (χ0v) is 18.6. The molecular weight excluding hydrogens is 370 g/mol. The van der Waals surface area contributed by atoms with Crippen molar-refractivity contribution in [1.29, 1.82) is 0 Å². The fraction of sp³-hybridized carbons (Fsp3) is 0.407. The number of aliphatic imine (C=N–C) groups is 1. The zero-order chi connectivity index (χ0) is 21.5. The summed E-state index contributed by atoms with van der Waals surface area (Å²) in [5.41, 5.74) is 3.96. The minimum absolute atomic E-state index is 0.162. The van der Waals surface area contributed by atoms with Crippen LogP contribution in [0.2, 0.25) is 0 Å². The molecule has 0 amide bonds. The molecule has 3 rings (SSSR count). The summed E-state index contributed by atoms with van der Waals surface area (Å²) in [6.07, 6.45) is 7.03. The fourth-order valence-electron chi connectivity index (χ4n) is 3.88. The highest BCUT2D eigenvalue weighted by Gasteiger charge is 2.32. The molecule has 0 saturated heterocycles. The number of ether oxygens (including phenoxy) is 1. The van der Waals surface area contributed by atoms with Gasteiger partial charge in [-0.1, -0.05) is 39.8 Å². The number of carbonyl (C=O) groups excluding carboxylic acids is 1. The van der Waals surface area contributed by atoms with Gasteiger partial charge in [0, 0.05) is 12.1 Å². The second kappa shape index (κ2) is 10.4. The second-order valence-electron chi connectivity index (χ2n) is 8.56. The van der Waals surface area contributed by atoms with Crippen LogP contribution in [-0.2, 0) is 4.79 Å². The van der Waals surface area contributed by atoms with Gasteiger partial charge in [0.25, 0.3) is 0 Å². The number of hydrogen-bond donors (Lipinski definition) is 0. The third-order valence-corrected chi connectivity index (χ3v) is 5.80. The van der Waals surface area contributed by atoms with Crippen LogP contribution in [0.4, 0.5) is 5.69 Å². The van der Waals surface area contributed by atoms with Crippen LogP contribution in [0.1, 0.15) is 58.1 Å². The predicted octanol–water partition coefficient (Wildman–Crippen LogP) is 6.88. The topological polar surface area (TPSA) is 38.7 Å². The normalized spacial score (nSPS) is 21.0. The van der Waals surface area contributed by atoms with Gasteiger partial charge in [-0.2, -0.15) is 0 Å². The highest BCUT2D eigenvalue weighted by molar-refractivity contribution is 6.02. The van der Waals surface area contributed by atoms with Crippen LogP contribution in [0.5, 0.6) is 5.75 Å². The summed E-state index contributed by atoms with van der Waals surface area (Å²) in [5.74, 6) is 2.11. The van der Waals surface area contributed by atoms with Crippen LogP contribution < -0.4 is 4.74 Å². The van der Waals surface area contributed by atoms with Gasteiger partial charge in [-0.15, -0.1) is 0 Å². The Kier molecular flexibility index (Phi) is 7.62. The van der Waals surface area contributed by atoms with E-state index in [-0.39, 0.29) is 5.92 Å². The molecule has 1 fully saturated rings. The maximum atomic E-state index is 12.9. The van der Waals surface area contributed by atoms with Crippen LogP contribution in [0.3, 0.4) is 0 Å². The molecule has 1 saturated carbocycles. The predicted molar refractivity (Wildman–Crippen MR) is 126 cm³/mol. The molecule has 2 aromatic rings. The molecule has 0 heterocycles. The van der Waals surface area contributed by atoms with Crippen molar-refractivity contribution in [1.82, 2.24) is 0 Å². The van der Waals surface area contributed by atoms with Crippen molar-refractivity contribution in [3.05, 3.63) is 65.2 Å². The molecule has 3 nitrogen and oxygen atoms in total. The summed E-state index contributed by atoms with van der Waals surface area (Å²) >= 11 is 0. The average molecular weight is 404 g/mol. The molecular formula is C27H33NO2. The maximum Gasteiger partial charge on any atom is 0.162 e. The first kappa shape index (κ1) is 22.0. The van der Waals surface area contributed by atoms with Gasteiger partial charge >= 0.3 is 0 Å². The smallest absolute Gasteiger partial charge is 0.162 e. The van der Waals surface area contributed by atoms with Crippen molar-refractivity contribution in [2.24, 2.45) is 22.7 Å². The molecule has 2 atom stereocenters. The Hall–Kier alpha value is -2.68. The molecule has 2 unspecified atom stereocenters. The standard InChI is InChI=1S/C27H33NO2/c1-5-16-30-24-13-9-22(10-14-24)18-28-23-11-7-21(8-12-23)17-26-20(4)6-15-25(19(2)3)27(26)29/h7-14,17-20,25H,5-6,15-16H2,1-4H3/b26-17-,28-18+. The number of carbonyl (C=O) groups is 1. The Morgan fingerprint density at radius 3 is 2.33 bits per heavy atom. The second-order valence-corrected chi connectivity index (χ2v) is 8.56. The lowest BCUT2D eigenvalue weighted by Gasteiger charge is -2.30. The number of nitrogens with zero attached hydrogens (tertiary/aromatic N) is 1. The van der Waals surface area contributed by atoms with Crippen LogP contribution in [0.15, 0.2) is 59.1 Å². The molecule has 30 heavy (non-hydrogen) atoms. The summed E-state index contributed by atoms with van der Waals surface area (Å²) in [4.78, 5) is 17.5. The van der Waals surface area contributed by atoms with Gasteiger partial charge in [-0.3, -0.25) is 9.79 Å². The van der Waals surface area contributed by atoms with E-state index in [1.165, 1.54) is 0 Å². The van der Waals surface area contributed by atoms with Gasteiger partial charge < -0.3 is 4.74 Å². The monoisotopic (exact) mass is 403 g/mol. The summed E-state index contributed by atoms with van der Waals surface area (Å²) in [5, 5.41) is 0. The van der Waals surface area contributed by atoms with E-state index in [0.717, 1.165) is 54.0 Å². The van der Waals surface area contributed by atoms with Gasteiger partial charge in [0.2, 0.25) is 0 Å². The highest BCUT2D eigenvalue weighted by Crippen LogP contribution is 2.35. The Balaban J connectivity index is 1.68. The fourth-order valence-corrected chi connectivity index (χ4v) is 3.88. The Morgan fingerprint density at radius 2 is 1.70 bits per heavy atom. The first-order valence-corrected chi connectivity index (χ1v) is 11.1. The van der Waals surface area contributed by atoms with Crippen molar-refractivity contribution < 1.29 is 9.53 Å². The van der Waals surface area contributed by atoms with Gasteiger partial charge in [0.15, 0.2) is 5.78 Å². The number of Topliss-reactive ketones (excluding diaryl/α,β-unsaturated/α-hetero) is 1. The SMILES string of the molecule is CCCOc1ccc(/C=N/c2ccc(/C=C3\C(=O)C(C(C)C)CCC3C)cc2)cc1. The Bertz CT molecular complexity index is 891. The molecule has 0 aromatic heterocycles. The Labute approximate surface area is 180 Å². The lowest BCUT2D eigenvalue weighted by atomic mass is 9.73. The first-order chi connectivity index (χ1) is 14.5. The van der Waals surface area contributed by atoms with Gasteiger partial charge in [0.1, 0.15) is 5.75 Å². The van der Waals surface area contributed by atoms with E-state index in [4.69, 9.17) is 4.74 Å². The van der Waals surface area contributed by atoms with E-state index >= 15 is 0 Å². The summed E-state index contributed by atoms with van der Waals surface area (Å²) in [7, 11) is 0. The van der Waals surface area contributed by atoms with Gasteiger partial charge in [0.05, 0.1) is 12.3 Å². The minimum Gasteiger partial charge on any atom is -0.494 e. The molecule has 1 aliphatic carbocycles. The molecule has 0 aliphatic heterocycles. The van der Waals surface area contributed by atoms with Crippen molar-refractivity contribution in [2.75, 3.05) is 6.61 Å². The summed E-state index contributed by atoms with van der Waals surface area (Å²) in [6.45, 7) is 9.29. The van der Waals surface area contributed by atoms with Crippen LogP contribution in [0.25, 0.3) is 6.08 Å².